The van der Waals surface area contributed by atoms with Gasteiger partial charge in [-0.05, 0) is 49.3 Å². The molecule has 0 amide bonds. The van der Waals surface area contributed by atoms with E-state index in [1.54, 1.807) is 28.8 Å². The van der Waals surface area contributed by atoms with Crippen molar-refractivity contribution in [2.75, 3.05) is 42.7 Å². The van der Waals surface area contributed by atoms with Crippen LogP contribution in [0.5, 0.6) is 5.75 Å². The van der Waals surface area contributed by atoms with Crippen molar-refractivity contribution >= 4 is 27.5 Å². The molecule has 3 aromatic rings. The van der Waals surface area contributed by atoms with Gasteiger partial charge in [-0.1, -0.05) is 0 Å². The van der Waals surface area contributed by atoms with Gasteiger partial charge in [0.2, 0.25) is 10.0 Å². The minimum atomic E-state index is -4.82. The van der Waals surface area contributed by atoms with Crippen LogP contribution in [0.25, 0.3) is 11.4 Å². The SMILES string of the molecule is CS(=O)(=O)N1CCCC2(CCN(c3cc(Nc4cc(OC(F)(F)F)ccn4)nc(-c4cccnc4)n3)CC2)C1. The zero-order valence-electron chi connectivity index (χ0n) is 21.2. The Morgan fingerprint density at radius 2 is 1.82 bits per heavy atom. The molecule has 0 radical (unpaired) electrons. The fourth-order valence-electron chi connectivity index (χ4n) is 5.16. The number of anilines is 3. The van der Waals surface area contributed by atoms with Crippen LogP contribution in [0.3, 0.4) is 0 Å². The van der Waals surface area contributed by atoms with Crippen molar-refractivity contribution in [2.24, 2.45) is 5.41 Å². The molecular formula is C25H28F3N7O3S. The Morgan fingerprint density at radius 1 is 1.03 bits per heavy atom. The maximum Gasteiger partial charge on any atom is 0.573 e. The molecule has 2 saturated heterocycles. The summed E-state index contributed by atoms with van der Waals surface area (Å²) in [4.78, 5) is 19.7. The first kappa shape index (κ1) is 27.1. The van der Waals surface area contributed by atoms with Crippen LogP contribution in [-0.2, 0) is 10.0 Å². The average Bonchev–Trinajstić information content (AvgIpc) is 2.88. The number of nitrogens with one attached hydrogen (secondary N) is 1. The highest BCUT2D eigenvalue weighted by atomic mass is 32.2. The lowest BCUT2D eigenvalue weighted by molar-refractivity contribution is -0.274. The summed E-state index contributed by atoms with van der Waals surface area (Å²) in [6.45, 7) is 2.43. The summed E-state index contributed by atoms with van der Waals surface area (Å²) in [6.07, 6.45) is 4.35. The molecule has 2 fully saturated rings. The van der Waals surface area contributed by atoms with Crippen molar-refractivity contribution in [1.29, 1.82) is 0 Å². The molecule has 5 heterocycles. The van der Waals surface area contributed by atoms with E-state index in [9.17, 15) is 21.6 Å². The molecule has 0 aliphatic carbocycles. The summed E-state index contributed by atoms with van der Waals surface area (Å²) in [5.41, 5.74) is 0.607. The van der Waals surface area contributed by atoms with Gasteiger partial charge in [-0.15, -0.1) is 13.2 Å². The van der Waals surface area contributed by atoms with Gasteiger partial charge in [-0.25, -0.2) is 27.7 Å². The maximum absolute atomic E-state index is 12.7. The largest absolute Gasteiger partial charge is 0.573 e. The van der Waals surface area contributed by atoms with E-state index in [-0.39, 0.29) is 11.2 Å². The minimum Gasteiger partial charge on any atom is -0.406 e. The highest BCUT2D eigenvalue weighted by Crippen LogP contribution is 2.41. The molecule has 0 saturated carbocycles. The van der Waals surface area contributed by atoms with Crippen LogP contribution in [0.15, 0.2) is 48.9 Å². The lowest BCUT2D eigenvalue weighted by atomic mass is 9.73. The summed E-state index contributed by atoms with van der Waals surface area (Å²) in [5, 5.41) is 2.97. The molecule has 10 nitrogen and oxygen atoms in total. The molecular weight excluding hydrogens is 535 g/mol. The summed E-state index contributed by atoms with van der Waals surface area (Å²) in [7, 11) is -3.24. The van der Waals surface area contributed by atoms with E-state index in [0.29, 0.717) is 49.2 Å². The molecule has 1 N–H and O–H groups in total. The zero-order chi connectivity index (χ0) is 27.7. The fourth-order valence-corrected chi connectivity index (χ4v) is 6.13. The van der Waals surface area contributed by atoms with Crippen molar-refractivity contribution in [3.8, 4) is 17.1 Å². The van der Waals surface area contributed by atoms with E-state index < -0.39 is 22.1 Å². The third kappa shape index (κ3) is 6.74. The van der Waals surface area contributed by atoms with Gasteiger partial charge in [-0.3, -0.25) is 4.98 Å². The molecule has 3 aromatic heterocycles. The van der Waals surface area contributed by atoms with Crippen molar-refractivity contribution in [3.63, 3.8) is 0 Å². The van der Waals surface area contributed by atoms with Crippen LogP contribution in [0.4, 0.5) is 30.6 Å². The zero-order valence-corrected chi connectivity index (χ0v) is 22.0. The fraction of sp³-hybridized carbons (Fsp3) is 0.440. The molecule has 1 spiro atoms. The van der Waals surface area contributed by atoms with E-state index >= 15 is 0 Å². The highest BCUT2D eigenvalue weighted by Gasteiger charge is 2.41. The van der Waals surface area contributed by atoms with E-state index in [0.717, 1.165) is 37.8 Å². The number of ether oxygens (including phenoxy) is 1. The summed E-state index contributed by atoms with van der Waals surface area (Å²) in [5.74, 6) is 1.10. The molecule has 39 heavy (non-hydrogen) atoms. The second-order valence-corrected chi connectivity index (χ2v) is 11.9. The average molecular weight is 564 g/mol. The Balaban J connectivity index is 1.39. The van der Waals surface area contributed by atoms with Crippen molar-refractivity contribution in [2.45, 2.75) is 32.0 Å². The number of halogens is 3. The lowest BCUT2D eigenvalue weighted by Crippen LogP contribution is -2.51. The van der Waals surface area contributed by atoms with Crippen molar-refractivity contribution < 1.29 is 26.3 Å². The predicted molar refractivity (Wildman–Crippen MR) is 139 cm³/mol. The quantitative estimate of drug-likeness (QED) is 0.471. The number of alkyl halides is 3. The number of pyridine rings is 2. The normalized spacial score (nSPS) is 18.2. The number of rotatable bonds is 6. The number of sulfonamides is 1. The number of hydrogen-bond acceptors (Lipinski definition) is 9. The topological polar surface area (TPSA) is 113 Å². The Hall–Kier alpha value is -3.52. The maximum atomic E-state index is 12.7. The van der Waals surface area contributed by atoms with Crippen LogP contribution < -0.4 is 15.0 Å². The third-order valence-electron chi connectivity index (χ3n) is 7.10. The first-order valence-corrected chi connectivity index (χ1v) is 14.3. The van der Waals surface area contributed by atoms with Gasteiger partial charge in [-0.2, -0.15) is 0 Å². The first-order chi connectivity index (χ1) is 18.5. The van der Waals surface area contributed by atoms with E-state index in [2.05, 4.69) is 29.9 Å². The van der Waals surface area contributed by atoms with Crippen LogP contribution >= 0.6 is 0 Å². The first-order valence-electron chi connectivity index (χ1n) is 12.5. The Bertz CT molecular complexity index is 1420. The molecule has 0 atom stereocenters. The number of piperidine rings is 2. The molecule has 0 unspecified atom stereocenters. The van der Waals surface area contributed by atoms with Gasteiger partial charge in [0.15, 0.2) is 5.82 Å². The molecule has 208 valence electrons. The van der Waals surface area contributed by atoms with E-state index in [4.69, 9.17) is 4.98 Å². The second kappa shape index (κ2) is 10.6. The smallest absolute Gasteiger partial charge is 0.406 e. The Labute approximate surface area is 224 Å². The van der Waals surface area contributed by atoms with Crippen LogP contribution in [-0.4, -0.2) is 71.5 Å². The molecule has 0 aromatic carbocycles. The Kier molecular flexibility index (Phi) is 7.33. The Morgan fingerprint density at radius 3 is 2.51 bits per heavy atom. The summed E-state index contributed by atoms with van der Waals surface area (Å²) < 4.78 is 68.0. The van der Waals surface area contributed by atoms with Gasteiger partial charge < -0.3 is 15.0 Å². The van der Waals surface area contributed by atoms with Crippen molar-refractivity contribution in [3.05, 3.63) is 48.9 Å². The number of hydrogen-bond donors (Lipinski definition) is 1. The number of aromatic nitrogens is 4. The monoisotopic (exact) mass is 563 g/mol. The van der Waals surface area contributed by atoms with Crippen molar-refractivity contribution in [1.82, 2.24) is 24.2 Å². The van der Waals surface area contributed by atoms with Gasteiger partial charge in [0.05, 0.1) is 6.26 Å². The predicted octanol–water partition coefficient (Wildman–Crippen LogP) is 4.22. The molecule has 2 aliphatic heterocycles. The standard InChI is InChI=1S/C25H28F3N7O3S/c1-39(36,37)35-11-3-6-24(17-35)7-12-34(13-8-24)22-15-21(32-23(33-22)18-4-2-9-29-16-18)31-20-14-19(5-10-30-20)38-25(26,27)28/h2,4-5,9-10,14-16H,3,6-8,11-13,17H2,1H3,(H,30,31,32,33). The van der Waals surface area contributed by atoms with Gasteiger partial charge >= 0.3 is 6.36 Å². The molecule has 2 aliphatic rings. The number of nitrogens with zero attached hydrogens (tertiary/aromatic N) is 6. The van der Waals surface area contributed by atoms with Gasteiger partial charge in [0.1, 0.15) is 23.2 Å². The molecule has 14 heteroatoms. The molecule has 0 bridgehead atoms. The highest BCUT2D eigenvalue weighted by molar-refractivity contribution is 7.88. The minimum absolute atomic E-state index is 0.0685. The third-order valence-corrected chi connectivity index (χ3v) is 8.35. The van der Waals surface area contributed by atoms with Crippen LogP contribution in [0.1, 0.15) is 25.7 Å². The second-order valence-electron chi connectivity index (χ2n) is 9.91. The van der Waals surface area contributed by atoms with Gasteiger partial charge in [0.25, 0.3) is 0 Å². The lowest BCUT2D eigenvalue weighted by Gasteiger charge is -2.47. The summed E-state index contributed by atoms with van der Waals surface area (Å²) in [6, 6.07) is 7.56. The molecule has 5 rings (SSSR count). The van der Waals surface area contributed by atoms with Gasteiger partial charge in [0, 0.05) is 62.5 Å². The van der Waals surface area contributed by atoms with Crippen LogP contribution in [0.2, 0.25) is 0 Å². The summed E-state index contributed by atoms with van der Waals surface area (Å²) >= 11 is 0. The van der Waals surface area contributed by atoms with Crippen LogP contribution in [0, 0.1) is 5.41 Å². The van der Waals surface area contributed by atoms with E-state index in [1.165, 1.54) is 12.5 Å². The van der Waals surface area contributed by atoms with E-state index in [1.807, 2.05) is 6.07 Å².